The van der Waals surface area contributed by atoms with E-state index < -0.39 is 17.8 Å². The Kier molecular flexibility index (Phi) is 7.49. The molecule has 1 aromatic heterocycles. The van der Waals surface area contributed by atoms with Crippen LogP contribution in [0.3, 0.4) is 0 Å². The highest BCUT2D eigenvalue weighted by atomic mass is 19.4. The second-order valence-electron chi connectivity index (χ2n) is 9.94. The Labute approximate surface area is 223 Å². The summed E-state index contributed by atoms with van der Waals surface area (Å²) >= 11 is 0. The summed E-state index contributed by atoms with van der Waals surface area (Å²) in [6.07, 6.45) is -1.22. The van der Waals surface area contributed by atoms with Crippen LogP contribution in [0.4, 0.5) is 23.7 Å². The van der Waals surface area contributed by atoms with Gasteiger partial charge in [-0.1, -0.05) is 0 Å². The zero-order chi connectivity index (χ0) is 27.6. The van der Waals surface area contributed by atoms with E-state index in [0.29, 0.717) is 50.3 Å². The van der Waals surface area contributed by atoms with Gasteiger partial charge in [0, 0.05) is 62.3 Å². The number of nitrogens with one attached hydrogen (secondary N) is 1. The number of amides is 2. The molecule has 11 heteroatoms. The fraction of sp³-hybridized carbons (Fsp3) is 0.393. The molecule has 0 saturated carbocycles. The van der Waals surface area contributed by atoms with Crippen LogP contribution in [0.15, 0.2) is 54.7 Å². The van der Waals surface area contributed by atoms with Crippen molar-refractivity contribution in [2.45, 2.75) is 44.0 Å². The molecule has 2 amide bonds. The zero-order valence-electron chi connectivity index (χ0n) is 21.2. The number of hydrogen-bond donors (Lipinski definition) is 2. The maximum atomic E-state index is 12.8. The predicted molar refractivity (Wildman–Crippen MR) is 139 cm³/mol. The van der Waals surface area contributed by atoms with Crippen LogP contribution in [0.25, 0.3) is 10.9 Å². The number of anilines is 1. The van der Waals surface area contributed by atoms with Gasteiger partial charge in [-0.3, -0.25) is 9.78 Å². The summed E-state index contributed by atoms with van der Waals surface area (Å²) in [5.74, 6) is 0.413. The number of benzene rings is 2. The molecule has 0 bridgehead atoms. The monoisotopic (exact) mass is 542 g/mol. The first-order chi connectivity index (χ1) is 18.7. The summed E-state index contributed by atoms with van der Waals surface area (Å²) in [7, 11) is 0. The van der Waals surface area contributed by atoms with Crippen molar-refractivity contribution in [2.24, 2.45) is 0 Å². The Hall–Kier alpha value is -4.02. The van der Waals surface area contributed by atoms with Crippen LogP contribution in [0, 0.1) is 0 Å². The van der Waals surface area contributed by atoms with E-state index in [-0.39, 0.29) is 18.1 Å². The predicted octanol–water partition coefficient (Wildman–Crippen LogP) is 5.17. The van der Waals surface area contributed by atoms with E-state index in [1.54, 1.807) is 6.07 Å². The summed E-state index contributed by atoms with van der Waals surface area (Å²) in [5.41, 5.74) is 1.25. The Bertz CT molecular complexity index is 1330. The molecule has 5 rings (SSSR count). The molecule has 0 spiro atoms. The SMILES string of the molecule is O=C(NC1CCN(C(=O)O)CC1)c1cnc2ccc(OC3CCN(c4ccc(C(F)(F)F)cc4)CC3)cc2c1. The summed E-state index contributed by atoms with van der Waals surface area (Å²) in [6, 6.07) is 12.4. The van der Waals surface area contributed by atoms with Gasteiger partial charge in [-0.2, -0.15) is 13.2 Å². The molecule has 0 atom stereocenters. The van der Waals surface area contributed by atoms with Gasteiger partial charge in [0.2, 0.25) is 0 Å². The minimum Gasteiger partial charge on any atom is -0.490 e. The molecule has 2 N–H and O–H groups in total. The molecule has 0 radical (unpaired) electrons. The molecular weight excluding hydrogens is 513 g/mol. The highest BCUT2D eigenvalue weighted by molar-refractivity contribution is 5.97. The third kappa shape index (κ3) is 6.35. The quantitative estimate of drug-likeness (QED) is 0.462. The van der Waals surface area contributed by atoms with Crippen LogP contribution < -0.4 is 15.0 Å². The minimum atomic E-state index is -4.35. The number of halogens is 3. The van der Waals surface area contributed by atoms with Crippen molar-refractivity contribution in [3.05, 3.63) is 65.9 Å². The van der Waals surface area contributed by atoms with Crippen LogP contribution in [0.1, 0.15) is 41.6 Å². The number of piperidine rings is 2. The summed E-state index contributed by atoms with van der Waals surface area (Å²) in [5, 5.41) is 12.8. The molecule has 3 aromatic rings. The Balaban J connectivity index is 1.17. The molecule has 2 fully saturated rings. The van der Waals surface area contributed by atoms with Crippen LogP contribution in [-0.2, 0) is 6.18 Å². The van der Waals surface area contributed by atoms with Gasteiger partial charge >= 0.3 is 12.3 Å². The molecule has 8 nitrogen and oxygen atoms in total. The fourth-order valence-electron chi connectivity index (χ4n) is 5.08. The lowest BCUT2D eigenvalue weighted by Gasteiger charge is -2.34. The Morgan fingerprint density at radius 1 is 0.949 bits per heavy atom. The third-order valence-electron chi connectivity index (χ3n) is 7.32. The van der Waals surface area contributed by atoms with E-state index in [1.807, 2.05) is 18.2 Å². The number of rotatable bonds is 5. The summed E-state index contributed by atoms with van der Waals surface area (Å²) in [6.45, 7) is 2.11. The van der Waals surface area contributed by atoms with Crippen molar-refractivity contribution in [3.63, 3.8) is 0 Å². The molecular formula is C28H29F3N4O4. The normalized spacial score (nSPS) is 17.3. The average Bonchev–Trinajstić information content (AvgIpc) is 2.93. The molecule has 2 aromatic carbocycles. The number of ether oxygens (including phenoxy) is 1. The van der Waals surface area contributed by atoms with E-state index >= 15 is 0 Å². The topological polar surface area (TPSA) is 95.0 Å². The summed E-state index contributed by atoms with van der Waals surface area (Å²) in [4.78, 5) is 31.7. The van der Waals surface area contributed by atoms with Crippen molar-refractivity contribution < 1.29 is 32.6 Å². The fourth-order valence-corrected chi connectivity index (χ4v) is 5.08. The van der Waals surface area contributed by atoms with Crippen molar-refractivity contribution in [2.75, 3.05) is 31.1 Å². The van der Waals surface area contributed by atoms with Gasteiger partial charge < -0.3 is 25.0 Å². The van der Waals surface area contributed by atoms with E-state index in [4.69, 9.17) is 9.84 Å². The summed E-state index contributed by atoms with van der Waals surface area (Å²) < 4.78 is 44.7. The van der Waals surface area contributed by atoms with Crippen LogP contribution in [0.2, 0.25) is 0 Å². The molecule has 206 valence electrons. The largest absolute Gasteiger partial charge is 0.490 e. The Morgan fingerprint density at radius 2 is 1.64 bits per heavy atom. The van der Waals surface area contributed by atoms with Gasteiger partial charge in [-0.25, -0.2) is 4.79 Å². The van der Waals surface area contributed by atoms with Gasteiger partial charge in [-0.05, 0) is 61.4 Å². The number of carboxylic acid groups (broad SMARTS) is 1. The molecule has 2 aliphatic heterocycles. The maximum absolute atomic E-state index is 12.8. The van der Waals surface area contributed by atoms with Crippen molar-refractivity contribution in [3.8, 4) is 5.75 Å². The average molecular weight is 543 g/mol. The molecule has 0 unspecified atom stereocenters. The van der Waals surface area contributed by atoms with Gasteiger partial charge in [0.25, 0.3) is 5.91 Å². The number of carbonyl (C=O) groups excluding carboxylic acids is 1. The second kappa shape index (κ2) is 11.0. The van der Waals surface area contributed by atoms with E-state index in [0.717, 1.165) is 41.6 Å². The number of alkyl halides is 3. The first kappa shape index (κ1) is 26.6. The number of hydrogen-bond acceptors (Lipinski definition) is 5. The van der Waals surface area contributed by atoms with Gasteiger partial charge in [0.05, 0.1) is 16.6 Å². The number of pyridine rings is 1. The van der Waals surface area contributed by atoms with Gasteiger partial charge in [0.15, 0.2) is 0 Å². The molecule has 2 saturated heterocycles. The molecule has 39 heavy (non-hydrogen) atoms. The second-order valence-corrected chi connectivity index (χ2v) is 9.94. The van der Waals surface area contributed by atoms with E-state index in [9.17, 15) is 22.8 Å². The lowest BCUT2D eigenvalue weighted by Crippen LogP contribution is -2.46. The molecule has 0 aliphatic carbocycles. The highest BCUT2D eigenvalue weighted by Crippen LogP contribution is 2.31. The highest BCUT2D eigenvalue weighted by Gasteiger charge is 2.30. The first-order valence-corrected chi connectivity index (χ1v) is 12.9. The number of nitrogens with zero attached hydrogens (tertiary/aromatic N) is 3. The number of carbonyl (C=O) groups is 2. The molecule has 2 aliphatic rings. The number of aromatic nitrogens is 1. The van der Waals surface area contributed by atoms with Crippen molar-refractivity contribution >= 4 is 28.6 Å². The Morgan fingerprint density at radius 3 is 2.28 bits per heavy atom. The maximum Gasteiger partial charge on any atom is 0.416 e. The number of fused-ring (bicyclic) bond motifs is 1. The smallest absolute Gasteiger partial charge is 0.416 e. The van der Waals surface area contributed by atoms with Crippen LogP contribution in [0.5, 0.6) is 5.75 Å². The van der Waals surface area contributed by atoms with Gasteiger partial charge in [0.1, 0.15) is 11.9 Å². The van der Waals surface area contributed by atoms with Crippen LogP contribution in [-0.4, -0.2) is 65.3 Å². The lowest BCUT2D eigenvalue weighted by atomic mass is 10.0. The van der Waals surface area contributed by atoms with Crippen LogP contribution >= 0.6 is 0 Å². The third-order valence-corrected chi connectivity index (χ3v) is 7.32. The van der Waals surface area contributed by atoms with E-state index in [1.165, 1.54) is 23.2 Å². The standard InChI is InChI=1S/C28H29F3N4O4/c29-28(30,31)20-1-3-22(4-2-20)34-13-9-23(10-14-34)39-24-5-6-25-18(16-24)15-19(17-32-25)26(36)33-21-7-11-35(12-8-21)27(37)38/h1-6,15-17,21,23H,7-14H2,(H,33,36)(H,37,38). The lowest BCUT2D eigenvalue weighted by molar-refractivity contribution is -0.137. The van der Waals surface area contributed by atoms with Gasteiger partial charge in [-0.15, -0.1) is 0 Å². The molecule has 3 heterocycles. The minimum absolute atomic E-state index is 0.0377. The zero-order valence-corrected chi connectivity index (χ0v) is 21.2. The van der Waals surface area contributed by atoms with E-state index in [2.05, 4.69) is 15.2 Å². The van der Waals surface area contributed by atoms with Crippen molar-refractivity contribution in [1.29, 1.82) is 0 Å². The first-order valence-electron chi connectivity index (χ1n) is 12.9. The number of likely N-dealkylation sites (tertiary alicyclic amines) is 1. The van der Waals surface area contributed by atoms with Crippen molar-refractivity contribution in [1.82, 2.24) is 15.2 Å².